The Bertz CT molecular complexity index is 373. The Hall–Kier alpha value is 0.494. The van der Waals surface area contributed by atoms with Crippen LogP contribution in [0, 0.1) is 0 Å². The van der Waals surface area contributed by atoms with E-state index >= 15 is 0 Å². The summed E-state index contributed by atoms with van der Waals surface area (Å²) < 4.78 is 0.627. The summed E-state index contributed by atoms with van der Waals surface area (Å²) in [5.41, 5.74) is 3.57. The van der Waals surface area contributed by atoms with Crippen LogP contribution in [-0.4, -0.2) is 25.9 Å². The average Bonchev–Trinajstić information content (AvgIpc) is 3.04. The van der Waals surface area contributed by atoms with Crippen LogP contribution in [0.5, 0.6) is 0 Å². The van der Waals surface area contributed by atoms with E-state index in [4.69, 9.17) is 0 Å². The molecule has 0 aromatic heterocycles. The first-order valence-corrected chi connectivity index (χ1v) is 17.9. The molecule has 0 saturated carbocycles. The summed E-state index contributed by atoms with van der Waals surface area (Å²) in [6.45, 7) is 5.16. The minimum atomic E-state index is -0.427. The molecule has 2 rings (SSSR count). The zero-order valence-corrected chi connectivity index (χ0v) is 17.3. The maximum atomic E-state index is 2.58. The van der Waals surface area contributed by atoms with Gasteiger partial charge in [0.2, 0.25) is 0 Å². The summed E-state index contributed by atoms with van der Waals surface area (Å²) >= 11 is 1.80. The van der Waals surface area contributed by atoms with Crippen LogP contribution < -0.4 is 0 Å². The molecule has 2 aliphatic carbocycles. The molecule has 0 aromatic rings. The predicted octanol–water partition coefficient (Wildman–Crippen LogP) is 1.66. The quantitative estimate of drug-likeness (QED) is 0.660. The second-order valence-electron chi connectivity index (χ2n) is 4.97. The molecule has 0 saturated heterocycles. The third-order valence-corrected chi connectivity index (χ3v) is 38.7. The summed E-state index contributed by atoms with van der Waals surface area (Å²) in [7, 11) is 0.0576. The fourth-order valence-electron chi connectivity index (χ4n) is 3.11. The molecule has 0 atom stereocenters. The van der Waals surface area contributed by atoms with Crippen molar-refractivity contribution in [2.75, 3.05) is 0 Å². The Morgan fingerprint density at radius 3 is 1.82 bits per heavy atom. The van der Waals surface area contributed by atoms with Crippen LogP contribution in [-0.2, 0) is 24.7 Å². The normalized spacial score (nSPS) is 21.9. The van der Waals surface area contributed by atoms with E-state index in [-0.39, 0.29) is 18.1 Å². The molecule has 2 aliphatic rings. The second-order valence-corrected chi connectivity index (χ2v) is 26.5. The first-order chi connectivity index (χ1) is 8.23. The molecule has 0 nitrogen and oxygen atoms in total. The molecule has 0 heterocycles. The van der Waals surface area contributed by atoms with Crippen molar-refractivity contribution in [2.45, 2.75) is 28.7 Å². The van der Waals surface area contributed by atoms with E-state index in [0.717, 1.165) is 0 Å². The number of hydrogen-bond acceptors (Lipinski definition) is 0. The summed E-state index contributed by atoms with van der Waals surface area (Å²) in [4.78, 5) is 0. The third-order valence-electron chi connectivity index (χ3n) is 4.15. The monoisotopic (exact) mass is 351 g/mol. The predicted molar refractivity (Wildman–Crippen MR) is 82.3 cm³/mol. The molecule has 4 heteroatoms. The fourth-order valence-corrected chi connectivity index (χ4v) is 30.1. The van der Waals surface area contributed by atoms with Crippen molar-refractivity contribution in [3.8, 4) is 0 Å². The molecule has 0 fully saturated rings. The fraction of sp³-hybridized carbons (Fsp3) is 0.385. The number of rotatable bonds is 5. The molecule has 0 bridgehead atoms. The molecule has 0 aromatic carbocycles. The molecule has 0 amide bonds. The minimum absolute atomic E-state index is 0.242. The molecule has 17 heavy (non-hydrogen) atoms. The van der Waals surface area contributed by atoms with Gasteiger partial charge in [0, 0.05) is 0 Å². The van der Waals surface area contributed by atoms with Gasteiger partial charge in [-0.1, -0.05) is 0 Å². The van der Waals surface area contributed by atoms with Gasteiger partial charge in [0.05, 0.1) is 0 Å². The van der Waals surface area contributed by atoms with Crippen LogP contribution in [0.15, 0.2) is 47.6 Å². The first kappa shape index (κ1) is 13.9. The van der Waals surface area contributed by atoms with Gasteiger partial charge in [-0.25, -0.2) is 0 Å². The van der Waals surface area contributed by atoms with Crippen LogP contribution in [0.1, 0.15) is 12.8 Å². The third kappa shape index (κ3) is 2.60. The van der Waals surface area contributed by atoms with Gasteiger partial charge >= 0.3 is 127 Å². The zero-order valence-electron chi connectivity index (χ0n) is 10.9. The molecule has 0 spiro atoms. The van der Waals surface area contributed by atoms with Crippen LogP contribution >= 0.6 is 0 Å². The maximum absolute atomic E-state index is 2.58. The van der Waals surface area contributed by atoms with E-state index in [1.54, 1.807) is 35.9 Å². The van der Waals surface area contributed by atoms with E-state index in [9.17, 15) is 0 Å². The Morgan fingerprint density at radius 1 is 1.06 bits per heavy atom. The van der Waals surface area contributed by atoms with Crippen molar-refractivity contribution in [2.24, 2.45) is 0 Å². The molecule has 0 aliphatic heterocycles. The second kappa shape index (κ2) is 6.09. The van der Waals surface area contributed by atoms with Crippen molar-refractivity contribution in [1.29, 1.82) is 0 Å². The number of hydrogen-bond donors (Lipinski definition) is 0. The SMILES string of the molecule is C[SiH2][SiH]([SiH2]C)[C]([Zr])(C1=CC=CC1)C1=CC=CC1. The topological polar surface area (TPSA) is 0 Å². The number of allylic oxidation sites excluding steroid dienone is 8. The van der Waals surface area contributed by atoms with Gasteiger partial charge in [0.15, 0.2) is 0 Å². The van der Waals surface area contributed by atoms with Crippen LogP contribution in [0.25, 0.3) is 0 Å². The van der Waals surface area contributed by atoms with Crippen molar-refractivity contribution >= 4 is 25.9 Å². The van der Waals surface area contributed by atoms with Gasteiger partial charge < -0.3 is 0 Å². The van der Waals surface area contributed by atoms with Gasteiger partial charge in [0.25, 0.3) is 0 Å². The van der Waals surface area contributed by atoms with Gasteiger partial charge in [-0.15, -0.1) is 0 Å². The van der Waals surface area contributed by atoms with Crippen LogP contribution in [0.3, 0.4) is 0 Å². The van der Waals surface area contributed by atoms with Crippen LogP contribution in [0.2, 0.25) is 15.8 Å². The summed E-state index contributed by atoms with van der Waals surface area (Å²) in [6, 6.07) is 0. The molecular weight excluding hydrogens is 332 g/mol. The van der Waals surface area contributed by atoms with Gasteiger partial charge in [-0.3, -0.25) is 0 Å². The Labute approximate surface area is 126 Å². The molecule has 89 valence electrons. The Kier molecular flexibility index (Phi) is 4.99. The first-order valence-electron chi connectivity index (χ1n) is 6.70. The van der Waals surface area contributed by atoms with Crippen molar-refractivity contribution in [3.63, 3.8) is 0 Å². The molecular formula is C13H21Si3Zr. The van der Waals surface area contributed by atoms with Gasteiger partial charge in [-0.2, -0.15) is 0 Å². The Morgan fingerprint density at radius 2 is 1.53 bits per heavy atom. The zero-order chi connectivity index (χ0) is 12.3. The Balaban J connectivity index is 2.34. The van der Waals surface area contributed by atoms with Crippen LogP contribution in [0.4, 0.5) is 0 Å². The summed E-state index contributed by atoms with van der Waals surface area (Å²) in [5, 5.41) is 0. The van der Waals surface area contributed by atoms with Crippen molar-refractivity contribution < 1.29 is 24.7 Å². The van der Waals surface area contributed by atoms with E-state index in [2.05, 4.69) is 49.6 Å². The van der Waals surface area contributed by atoms with E-state index < -0.39 is 7.83 Å². The van der Waals surface area contributed by atoms with Crippen molar-refractivity contribution in [3.05, 3.63) is 47.6 Å². The molecule has 0 radical (unpaired) electrons. The van der Waals surface area contributed by atoms with Crippen molar-refractivity contribution in [1.82, 2.24) is 0 Å². The van der Waals surface area contributed by atoms with E-state index in [1.165, 1.54) is 12.8 Å². The summed E-state index contributed by atoms with van der Waals surface area (Å²) in [5.74, 6) is 0. The van der Waals surface area contributed by atoms with Gasteiger partial charge in [0.1, 0.15) is 0 Å². The summed E-state index contributed by atoms with van der Waals surface area (Å²) in [6.07, 6.45) is 16.7. The van der Waals surface area contributed by atoms with E-state index in [0.29, 0.717) is 2.75 Å². The average molecular weight is 353 g/mol. The van der Waals surface area contributed by atoms with Gasteiger partial charge in [-0.05, 0) is 0 Å². The molecule has 0 unspecified atom stereocenters. The molecule has 0 N–H and O–H groups in total. The standard InChI is InChI=1S/C13H21Si3.Zr/c1-14-16(15-2)13(11-7-3-4-8-11)12-9-5-6-10-12;/h3-7,9,16H,8,10,14-15H2,1-2H3;. The van der Waals surface area contributed by atoms with E-state index in [1.807, 2.05) is 0 Å².